The molecule has 0 fully saturated rings. The summed E-state index contributed by atoms with van der Waals surface area (Å²) in [7, 11) is 0. The zero-order chi connectivity index (χ0) is 21.8. The summed E-state index contributed by atoms with van der Waals surface area (Å²) in [6.45, 7) is 1.96. The van der Waals surface area contributed by atoms with Gasteiger partial charge in [0, 0.05) is 49.4 Å². The van der Waals surface area contributed by atoms with Gasteiger partial charge < -0.3 is 16.8 Å². The Morgan fingerprint density at radius 1 is 0.933 bits per heavy atom. The lowest BCUT2D eigenvalue weighted by molar-refractivity contribution is -0.131. The molecule has 2 aromatic rings. The highest BCUT2D eigenvalue weighted by atomic mass is 16.5. The molecule has 2 aromatic carbocycles. The highest BCUT2D eigenvalue weighted by molar-refractivity contribution is 5.97. The van der Waals surface area contributed by atoms with E-state index >= 15 is 0 Å². The Hall–Kier alpha value is -3.22. The van der Waals surface area contributed by atoms with Gasteiger partial charge in [-0.25, -0.2) is 5.48 Å². The third-order valence-electron chi connectivity index (χ3n) is 4.34. The zero-order valence-corrected chi connectivity index (χ0v) is 16.7. The highest BCUT2D eigenvalue weighted by Crippen LogP contribution is 2.05. The van der Waals surface area contributed by atoms with Gasteiger partial charge in [0.15, 0.2) is 0 Å². The molecule has 0 aliphatic carbocycles. The number of amides is 2. The first kappa shape index (κ1) is 23.1. The van der Waals surface area contributed by atoms with E-state index in [1.54, 1.807) is 29.7 Å². The molecule has 0 radical (unpaired) electrons. The van der Waals surface area contributed by atoms with Crippen LogP contribution < -0.4 is 22.3 Å². The summed E-state index contributed by atoms with van der Waals surface area (Å²) in [5, 5.41) is 11.7. The van der Waals surface area contributed by atoms with Gasteiger partial charge >= 0.3 is 0 Å². The third kappa shape index (κ3) is 7.31. The number of rotatable bonds is 9. The predicted molar refractivity (Wildman–Crippen MR) is 115 cm³/mol. The molecule has 30 heavy (non-hydrogen) atoms. The van der Waals surface area contributed by atoms with E-state index in [2.05, 4.69) is 17.2 Å². The van der Waals surface area contributed by atoms with Crippen molar-refractivity contribution in [1.82, 2.24) is 15.7 Å². The van der Waals surface area contributed by atoms with E-state index in [1.807, 2.05) is 35.2 Å². The van der Waals surface area contributed by atoms with Crippen LogP contribution in [0.2, 0.25) is 0 Å². The summed E-state index contributed by atoms with van der Waals surface area (Å²) in [5.74, 6) is 4.94. The summed E-state index contributed by atoms with van der Waals surface area (Å²) in [5.41, 5.74) is 14.8. The quantitative estimate of drug-likeness (QED) is 0.223. The first-order chi connectivity index (χ1) is 14.6. The SMILES string of the molecule is NCCN(CCN)C[C@H](NC(=O)c1ccc(C#Cc2ccccc2)cc1)C(=O)NO. The van der Waals surface area contributed by atoms with Gasteiger partial charge in [-0.2, -0.15) is 0 Å². The van der Waals surface area contributed by atoms with Crippen molar-refractivity contribution in [3.63, 3.8) is 0 Å². The van der Waals surface area contributed by atoms with E-state index in [0.717, 1.165) is 11.1 Å². The topological polar surface area (TPSA) is 134 Å². The molecule has 0 aliphatic heterocycles. The van der Waals surface area contributed by atoms with Gasteiger partial charge in [0.1, 0.15) is 6.04 Å². The van der Waals surface area contributed by atoms with Crippen LogP contribution in [0.3, 0.4) is 0 Å². The number of nitrogens with one attached hydrogen (secondary N) is 2. The minimum absolute atomic E-state index is 0.174. The second-order valence-corrected chi connectivity index (χ2v) is 6.57. The fraction of sp³-hybridized carbons (Fsp3) is 0.273. The van der Waals surface area contributed by atoms with Gasteiger partial charge in [-0.05, 0) is 36.4 Å². The summed E-state index contributed by atoms with van der Waals surface area (Å²) in [6, 6.07) is 15.4. The molecule has 8 heteroatoms. The highest BCUT2D eigenvalue weighted by Gasteiger charge is 2.23. The lowest BCUT2D eigenvalue weighted by Crippen LogP contribution is -2.53. The van der Waals surface area contributed by atoms with Crippen LogP contribution in [-0.4, -0.2) is 60.7 Å². The van der Waals surface area contributed by atoms with Crippen LogP contribution in [0.5, 0.6) is 0 Å². The van der Waals surface area contributed by atoms with Gasteiger partial charge in [-0.15, -0.1) is 0 Å². The Bertz CT molecular complexity index is 869. The Kier molecular flexibility index (Phi) is 9.51. The summed E-state index contributed by atoms with van der Waals surface area (Å²) in [4.78, 5) is 26.4. The number of hydroxylamine groups is 1. The number of carbonyl (C=O) groups excluding carboxylic acids is 2. The number of hydrogen-bond acceptors (Lipinski definition) is 6. The van der Waals surface area contributed by atoms with Crippen LogP contribution in [0.1, 0.15) is 21.5 Å². The molecular formula is C22H27N5O3. The Labute approximate surface area is 176 Å². The summed E-state index contributed by atoms with van der Waals surface area (Å²) in [6.07, 6.45) is 0. The van der Waals surface area contributed by atoms with E-state index in [9.17, 15) is 9.59 Å². The summed E-state index contributed by atoms with van der Waals surface area (Å²) < 4.78 is 0. The predicted octanol–water partition coefficient (Wildman–Crippen LogP) is -0.0904. The molecule has 0 bridgehead atoms. The van der Waals surface area contributed by atoms with E-state index < -0.39 is 17.9 Å². The van der Waals surface area contributed by atoms with E-state index in [-0.39, 0.29) is 6.54 Å². The van der Waals surface area contributed by atoms with Gasteiger partial charge in [0.2, 0.25) is 0 Å². The monoisotopic (exact) mass is 409 g/mol. The number of carbonyl (C=O) groups is 2. The maximum Gasteiger partial charge on any atom is 0.267 e. The van der Waals surface area contributed by atoms with Gasteiger partial charge in [-0.1, -0.05) is 30.0 Å². The number of nitrogens with zero attached hydrogens (tertiary/aromatic N) is 1. The first-order valence-electron chi connectivity index (χ1n) is 9.61. The van der Waals surface area contributed by atoms with Crippen molar-refractivity contribution < 1.29 is 14.8 Å². The maximum absolute atomic E-state index is 12.6. The molecule has 0 unspecified atom stereocenters. The molecule has 0 saturated heterocycles. The molecule has 0 aromatic heterocycles. The maximum atomic E-state index is 12.6. The van der Waals surface area contributed by atoms with Crippen molar-refractivity contribution in [2.75, 3.05) is 32.7 Å². The lowest BCUT2D eigenvalue weighted by Gasteiger charge is -2.26. The van der Waals surface area contributed by atoms with E-state index in [0.29, 0.717) is 31.7 Å². The zero-order valence-electron chi connectivity index (χ0n) is 16.7. The van der Waals surface area contributed by atoms with Crippen LogP contribution in [0.25, 0.3) is 0 Å². The van der Waals surface area contributed by atoms with Gasteiger partial charge in [0.25, 0.3) is 11.8 Å². The minimum atomic E-state index is -0.960. The number of hydrogen-bond donors (Lipinski definition) is 5. The molecule has 158 valence electrons. The molecule has 2 amide bonds. The Morgan fingerprint density at radius 3 is 2.03 bits per heavy atom. The normalized spacial score (nSPS) is 11.3. The molecule has 0 saturated carbocycles. The van der Waals surface area contributed by atoms with Crippen molar-refractivity contribution in [2.24, 2.45) is 11.5 Å². The van der Waals surface area contributed by atoms with Crippen LogP contribution >= 0.6 is 0 Å². The second kappa shape index (κ2) is 12.4. The average Bonchev–Trinajstić information content (AvgIpc) is 2.78. The fourth-order valence-corrected chi connectivity index (χ4v) is 2.80. The first-order valence-corrected chi connectivity index (χ1v) is 9.61. The largest absolute Gasteiger partial charge is 0.339 e. The Balaban J connectivity index is 2.06. The molecule has 2 rings (SSSR count). The average molecular weight is 409 g/mol. The van der Waals surface area contributed by atoms with Crippen LogP contribution in [0.15, 0.2) is 54.6 Å². The molecule has 8 nitrogen and oxygen atoms in total. The van der Waals surface area contributed by atoms with Crippen LogP contribution in [-0.2, 0) is 4.79 Å². The molecule has 0 aliphatic rings. The van der Waals surface area contributed by atoms with Crippen LogP contribution in [0.4, 0.5) is 0 Å². The van der Waals surface area contributed by atoms with Gasteiger partial charge in [-0.3, -0.25) is 19.7 Å². The van der Waals surface area contributed by atoms with Crippen molar-refractivity contribution in [3.05, 3.63) is 71.3 Å². The van der Waals surface area contributed by atoms with Crippen molar-refractivity contribution in [3.8, 4) is 11.8 Å². The van der Waals surface area contributed by atoms with Crippen LogP contribution in [0, 0.1) is 11.8 Å². The fourth-order valence-electron chi connectivity index (χ4n) is 2.80. The number of nitrogens with two attached hydrogens (primary N) is 2. The second-order valence-electron chi connectivity index (χ2n) is 6.57. The molecule has 0 heterocycles. The molecule has 0 spiro atoms. The van der Waals surface area contributed by atoms with Crippen molar-refractivity contribution in [1.29, 1.82) is 0 Å². The standard InChI is InChI=1S/C22H27N5O3/c23-12-14-27(15-13-24)16-20(22(29)26-30)25-21(28)19-10-8-18(9-11-19)7-6-17-4-2-1-3-5-17/h1-5,8-11,20,30H,12-16,23-24H2,(H,25,28)(H,26,29)/t20-/m0/s1. The molecule has 7 N–H and O–H groups in total. The molecule has 1 atom stereocenters. The van der Waals surface area contributed by atoms with E-state index in [4.69, 9.17) is 16.7 Å². The van der Waals surface area contributed by atoms with Gasteiger partial charge in [0.05, 0.1) is 0 Å². The minimum Gasteiger partial charge on any atom is -0.339 e. The number of benzene rings is 2. The summed E-state index contributed by atoms with van der Waals surface area (Å²) >= 11 is 0. The molecular weight excluding hydrogens is 382 g/mol. The third-order valence-corrected chi connectivity index (χ3v) is 4.34. The van der Waals surface area contributed by atoms with Crippen molar-refractivity contribution in [2.45, 2.75) is 6.04 Å². The Morgan fingerprint density at radius 2 is 1.50 bits per heavy atom. The smallest absolute Gasteiger partial charge is 0.267 e. The van der Waals surface area contributed by atoms with Crippen molar-refractivity contribution >= 4 is 11.8 Å². The van der Waals surface area contributed by atoms with E-state index in [1.165, 1.54) is 0 Å². The lowest BCUT2D eigenvalue weighted by atomic mass is 10.1.